The molecule has 0 fully saturated rings. The van der Waals surface area contributed by atoms with Gasteiger partial charge in [-0.05, 0) is 42.5 Å². The Labute approximate surface area is 112 Å². The van der Waals surface area contributed by atoms with Crippen LogP contribution in [-0.2, 0) is 4.79 Å². The van der Waals surface area contributed by atoms with Gasteiger partial charge in [-0.3, -0.25) is 4.79 Å². The van der Waals surface area contributed by atoms with Crippen molar-refractivity contribution in [1.82, 2.24) is 4.98 Å². The van der Waals surface area contributed by atoms with Gasteiger partial charge >= 0.3 is 0 Å². The molecule has 1 aromatic heterocycles. The molecule has 0 aliphatic heterocycles. The van der Waals surface area contributed by atoms with Crippen molar-refractivity contribution >= 4 is 33.7 Å². The van der Waals surface area contributed by atoms with E-state index < -0.39 is 0 Å². The maximum Gasteiger partial charge on any atom is 0.211 e. The smallest absolute Gasteiger partial charge is 0.211 e. The standard InChI is InChI=1S/C14H9FN2OS/c15-10-3-6-12-13(7-10)19-14(17-12)9-1-4-11(5-2-9)16-8-18/h1-8H,(H,16,18). The monoisotopic (exact) mass is 272 g/mol. The SMILES string of the molecule is O=CNc1ccc(-c2nc3ccc(F)cc3s2)cc1. The van der Waals surface area contributed by atoms with Crippen LogP contribution in [0.5, 0.6) is 0 Å². The lowest BCUT2D eigenvalue weighted by Crippen LogP contribution is -1.92. The van der Waals surface area contributed by atoms with Crippen LogP contribution in [0.3, 0.4) is 0 Å². The minimum Gasteiger partial charge on any atom is -0.329 e. The van der Waals surface area contributed by atoms with E-state index in [1.807, 2.05) is 12.1 Å². The van der Waals surface area contributed by atoms with Crippen molar-refractivity contribution < 1.29 is 9.18 Å². The summed E-state index contributed by atoms with van der Waals surface area (Å²) in [5.74, 6) is -0.256. The van der Waals surface area contributed by atoms with Crippen LogP contribution in [0, 0.1) is 5.82 Å². The number of benzene rings is 2. The van der Waals surface area contributed by atoms with E-state index in [-0.39, 0.29) is 5.82 Å². The molecule has 0 saturated heterocycles. The van der Waals surface area contributed by atoms with Gasteiger partial charge in [0.05, 0.1) is 10.2 Å². The number of nitrogens with zero attached hydrogens (tertiary/aromatic N) is 1. The van der Waals surface area contributed by atoms with E-state index in [4.69, 9.17) is 0 Å². The molecular weight excluding hydrogens is 263 g/mol. The fourth-order valence-corrected chi connectivity index (χ4v) is 2.79. The van der Waals surface area contributed by atoms with Crippen molar-refractivity contribution in [3.8, 4) is 10.6 Å². The lowest BCUT2D eigenvalue weighted by Gasteiger charge is -1.99. The summed E-state index contributed by atoms with van der Waals surface area (Å²) in [5, 5.41) is 3.40. The fourth-order valence-electron chi connectivity index (χ4n) is 1.80. The Morgan fingerprint density at radius 3 is 2.68 bits per heavy atom. The van der Waals surface area contributed by atoms with Gasteiger partial charge in [0.2, 0.25) is 6.41 Å². The molecular formula is C14H9FN2OS. The highest BCUT2D eigenvalue weighted by atomic mass is 32.1. The van der Waals surface area contributed by atoms with Crippen molar-refractivity contribution in [2.75, 3.05) is 5.32 Å². The maximum atomic E-state index is 13.1. The van der Waals surface area contributed by atoms with Crippen LogP contribution in [0.25, 0.3) is 20.8 Å². The molecule has 19 heavy (non-hydrogen) atoms. The third-order valence-electron chi connectivity index (χ3n) is 2.71. The Morgan fingerprint density at radius 1 is 1.16 bits per heavy atom. The molecule has 0 unspecified atom stereocenters. The zero-order valence-corrected chi connectivity index (χ0v) is 10.6. The zero-order chi connectivity index (χ0) is 13.2. The summed E-state index contributed by atoms with van der Waals surface area (Å²) in [5.41, 5.74) is 2.46. The van der Waals surface area contributed by atoms with Crippen molar-refractivity contribution in [3.05, 3.63) is 48.3 Å². The van der Waals surface area contributed by atoms with Crippen LogP contribution in [-0.4, -0.2) is 11.4 Å². The normalized spacial score (nSPS) is 10.6. The van der Waals surface area contributed by atoms with E-state index in [0.29, 0.717) is 6.41 Å². The van der Waals surface area contributed by atoms with Gasteiger partial charge in [-0.1, -0.05) is 0 Å². The number of hydrogen-bond donors (Lipinski definition) is 1. The number of carbonyl (C=O) groups is 1. The quantitative estimate of drug-likeness (QED) is 0.739. The molecule has 0 saturated carbocycles. The van der Waals surface area contributed by atoms with Crippen LogP contribution in [0.15, 0.2) is 42.5 Å². The summed E-state index contributed by atoms with van der Waals surface area (Å²) >= 11 is 1.44. The average Bonchev–Trinajstić information content (AvgIpc) is 2.83. The fraction of sp³-hybridized carbons (Fsp3) is 0. The second kappa shape index (κ2) is 4.78. The number of halogens is 1. The Hall–Kier alpha value is -2.27. The number of fused-ring (bicyclic) bond motifs is 1. The average molecular weight is 272 g/mol. The molecule has 0 radical (unpaired) electrons. The van der Waals surface area contributed by atoms with Gasteiger partial charge in [0, 0.05) is 11.3 Å². The number of nitrogens with one attached hydrogen (secondary N) is 1. The van der Waals surface area contributed by atoms with Crippen molar-refractivity contribution in [3.63, 3.8) is 0 Å². The lowest BCUT2D eigenvalue weighted by molar-refractivity contribution is -0.105. The minimum atomic E-state index is -0.256. The first-order valence-corrected chi connectivity index (χ1v) is 6.44. The Bertz CT molecular complexity index is 737. The highest BCUT2D eigenvalue weighted by Crippen LogP contribution is 2.31. The summed E-state index contributed by atoms with van der Waals surface area (Å²) in [4.78, 5) is 14.8. The van der Waals surface area contributed by atoms with Gasteiger partial charge < -0.3 is 5.32 Å². The molecule has 1 N–H and O–H groups in total. The summed E-state index contributed by atoms with van der Waals surface area (Å²) < 4.78 is 13.9. The van der Waals surface area contributed by atoms with Gasteiger partial charge in [-0.2, -0.15) is 0 Å². The van der Waals surface area contributed by atoms with E-state index in [1.165, 1.54) is 23.5 Å². The van der Waals surface area contributed by atoms with Gasteiger partial charge in [-0.15, -0.1) is 11.3 Å². The van der Waals surface area contributed by atoms with Crippen LogP contribution >= 0.6 is 11.3 Å². The van der Waals surface area contributed by atoms with Crippen molar-refractivity contribution in [2.24, 2.45) is 0 Å². The molecule has 1 amide bonds. The van der Waals surface area contributed by atoms with E-state index in [1.54, 1.807) is 18.2 Å². The molecule has 94 valence electrons. The first-order valence-electron chi connectivity index (χ1n) is 5.63. The van der Waals surface area contributed by atoms with Crippen molar-refractivity contribution in [2.45, 2.75) is 0 Å². The summed E-state index contributed by atoms with van der Waals surface area (Å²) in [6, 6.07) is 11.9. The largest absolute Gasteiger partial charge is 0.329 e. The molecule has 5 heteroatoms. The number of rotatable bonds is 3. The first-order chi connectivity index (χ1) is 9.26. The summed E-state index contributed by atoms with van der Waals surface area (Å²) in [7, 11) is 0. The van der Waals surface area contributed by atoms with Gasteiger partial charge in [-0.25, -0.2) is 9.37 Å². The van der Waals surface area contributed by atoms with Crippen molar-refractivity contribution in [1.29, 1.82) is 0 Å². The zero-order valence-electron chi connectivity index (χ0n) is 9.76. The lowest BCUT2D eigenvalue weighted by atomic mass is 10.2. The Balaban J connectivity index is 2.01. The highest BCUT2D eigenvalue weighted by Gasteiger charge is 2.07. The molecule has 3 aromatic rings. The van der Waals surface area contributed by atoms with Gasteiger partial charge in [0.1, 0.15) is 10.8 Å². The van der Waals surface area contributed by atoms with Crippen LogP contribution in [0.4, 0.5) is 10.1 Å². The Kier molecular flexibility index (Phi) is 2.97. The molecule has 3 rings (SSSR count). The summed E-state index contributed by atoms with van der Waals surface area (Å²) in [6.45, 7) is 0. The molecule has 0 atom stereocenters. The van der Waals surface area contributed by atoms with Gasteiger partial charge in [0.25, 0.3) is 0 Å². The molecule has 0 bridgehead atoms. The number of anilines is 1. The molecule has 0 spiro atoms. The third kappa shape index (κ3) is 2.32. The minimum absolute atomic E-state index is 0.256. The second-order valence-corrected chi connectivity index (χ2v) is 5.00. The summed E-state index contributed by atoms with van der Waals surface area (Å²) in [6.07, 6.45) is 0.634. The van der Waals surface area contributed by atoms with Crippen LogP contribution in [0.2, 0.25) is 0 Å². The highest BCUT2D eigenvalue weighted by molar-refractivity contribution is 7.21. The van der Waals surface area contributed by atoms with E-state index in [9.17, 15) is 9.18 Å². The molecule has 3 nitrogen and oxygen atoms in total. The first kappa shape index (κ1) is 11.8. The second-order valence-electron chi connectivity index (χ2n) is 3.97. The maximum absolute atomic E-state index is 13.1. The number of carbonyl (C=O) groups excluding carboxylic acids is 1. The number of hydrogen-bond acceptors (Lipinski definition) is 3. The van der Waals surface area contributed by atoms with Crippen LogP contribution in [0.1, 0.15) is 0 Å². The van der Waals surface area contributed by atoms with E-state index in [0.717, 1.165) is 26.5 Å². The molecule has 1 heterocycles. The number of amides is 1. The predicted octanol–water partition coefficient (Wildman–Crippen LogP) is 3.67. The van der Waals surface area contributed by atoms with Gasteiger partial charge in [0.15, 0.2) is 0 Å². The van der Waals surface area contributed by atoms with E-state index in [2.05, 4.69) is 10.3 Å². The molecule has 0 aliphatic rings. The third-order valence-corrected chi connectivity index (χ3v) is 3.78. The predicted molar refractivity (Wildman–Crippen MR) is 74.7 cm³/mol. The molecule has 2 aromatic carbocycles. The number of thiazole rings is 1. The number of aromatic nitrogens is 1. The molecule has 0 aliphatic carbocycles. The Morgan fingerprint density at radius 2 is 1.95 bits per heavy atom. The van der Waals surface area contributed by atoms with Crippen LogP contribution < -0.4 is 5.32 Å². The topological polar surface area (TPSA) is 42.0 Å². The van der Waals surface area contributed by atoms with E-state index >= 15 is 0 Å².